The van der Waals surface area contributed by atoms with Crippen LogP contribution in [-0.4, -0.2) is 46.6 Å². The maximum Gasteiger partial charge on any atom is 0.196 e. The molecule has 0 radical (unpaired) electrons. The smallest absolute Gasteiger partial charge is 0.196 e. The molecule has 0 unspecified atom stereocenters. The van der Waals surface area contributed by atoms with E-state index in [1.54, 1.807) is 6.08 Å². The predicted molar refractivity (Wildman–Crippen MR) is 78.2 cm³/mol. The summed E-state index contributed by atoms with van der Waals surface area (Å²) in [5.74, 6) is 0.596. The number of rotatable bonds is 0. The van der Waals surface area contributed by atoms with E-state index in [0.29, 0.717) is 12.2 Å². The molecule has 0 amide bonds. The summed E-state index contributed by atoms with van der Waals surface area (Å²) < 4.78 is 5.93. The Hall–Kier alpha value is -2.01. The lowest BCUT2D eigenvalue weighted by atomic mass is 9.53. The van der Waals surface area contributed by atoms with Crippen LogP contribution in [0.5, 0.6) is 17.2 Å². The first-order valence-corrected chi connectivity index (χ1v) is 7.71. The van der Waals surface area contributed by atoms with Crippen LogP contribution < -0.4 is 4.74 Å². The molecule has 2 heterocycles. The number of likely N-dealkylation sites (N-methyl/N-ethyl adjacent to an activating group) is 1. The van der Waals surface area contributed by atoms with Crippen molar-refractivity contribution in [2.24, 2.45) is 5.92 Å². The molecule has 1 aromatic rings. The van der Waals surface area contributed by atoms with Crippen molar-refractivity contribution in [2.75, 3.05) is 13.6 Å². The summed E-state index contributed by atoms with van der Waals surface area (Å²) in [5, 5.41) is 20.5. The Balaban J connectivity index is 1.89. The fourth-order valence-electron chi connectivity index (χ4n) is 5.15. The van der Waals surface area contributed by atoms with Crippen LogP contribution in [-0.2, 0) is 16.6 Å². The Morgan fingerprint density at radius 3 is 3.00 bits per heavy atom. The van der Waals surface area contributed by atoms with Gasteiger partial charge >= 0.3 is 0 Å². The number of phenolic OH excluding ortho intramolecular Hbond substituents is 2. The van der Waals surface area contributed by atoms with Crippen molar-refractivity contribution in [1.29, 1.82) is 0 Å². The summed E-state index contributed by atoms with van der Waals surface area (Å²) in [6, 6.07) is 1.59. The number of likely N-dealkylation sites (tertiary alicyclic amines) is 1. The van der Waals surface area contributed by atoms with Crippen LogP contribution in [0.3, 0.4) is 0 Å². The first-order chi connectivity index (χ1) is 10.5. The van der Waals surface area contributed by atoms with Crippen molar-refractivity contribution < 1.29 is 19.7 Å². The van der Waals surface area contributed by atoms with E-state index in [1.165, 1.54) is 6.07 Å². The van der Waals surface area contributed by atoms with E-state index in [9.17, 15) is 15.0 Å². The average molecular weight is 299 g/mol. The molecule has 1 saturated heterocycles. The van der Waals surface area contributed by atoms with Gasteiger partial charge in [-0.25, -0.2) is 0 Å². The molecule has 1 aromatic carbocycles. The lowest BCUT2D eigenvalue weighted by molar-refractivity contribution is -0.127. The molecule has 2 bridgehead atoms. The molecule has 2 aliphatic heterocycles. The third kappa shape index (κ3) is 1.16. The van der Waals surface area contributed by atoms with E-state index in [2.05, 4.69) is 11.9 Å². The second kappa shape index (κ2) is 3.66. The highest BCUT2D eigenvalue weighted by atomic mass is 16.5. The monoisotopic (exact) mass is 299 g/mol. The Labute approximate surface area is 127 Å². The second-order valence-corrected chi connectivity index (χ2v) is 6.93. The average Bonchev–Trinajstić information content (AvgIpc) is 2.83. The van der Waals surface area contributed by atoms with Crippen LogP contribution >= 0.6 is 0 Å². The molecule has 2 aliphatic carbocycles. The molecule has 2 N–H and O–H groups in total. The van der Waals surface area contributed by atoms with Gasteiger partial charge in [-0.3, -0.25) is 4.79 Å². The molecule has 5 nitrogen and oxygen atoms in total. The molecule has 1 fully saturated rings. The Morgan fingerprint density at radius 2 is 2.18 bits per heavy atom. The van der Waals surface area contributed by atoms with Gasteiger partial charge in [0.2, 0.25) is 0 Å². The number of piperidine rings is 1. The largest absolute Gasteiger partial charge is 0.508 e. The Bertz CT molecular complexity index is 756. The van der Waals surface area contributed by atoms with E-state index < -0.39 is 11.5 Å². The highest BCUT2D eigenvalue weighted by Crippen LogP contribution is 2.63. The normalized spacial score (nSPS) is 37.9. The van der Waals surface area contributed by atoms with Gasteiger partial charge < -0.3 is 19.8 Å². The van der Waals surface area contributed by atoms with Crippen molar-refractivity contribution in [2.45, 2.75) is 30.4 Å². The molecule has 5 heteroatoms. The molecule has 114 valence electrons. The van der Waals surface area contributed by atoms with Crippen LogP contribution in [0.15, 0.2) is 18.2 Å². The fourth-order valence-corrected chi connectivity index (χ4v) is 5.15. The highest BCUT2D eigenvalue weighted by Gasteiger charge is 2.64. The number of phenols is 2. The fraction of sp³-hybridized carbons (Fsp3) is 0.471. The molecular weight excluding hydrogens is 282 g/mol. The zero-order chi connectivity index (χ0) is 15.2. The predicted octanol–water partition coefficient (Wildman–Crippen LogP) is 1.11. The molecule has 4 aliphatic rings. The summed E-state index contributed by atoms with van der Waals surface area (Å²) in [6.07, 6.45) is 4.59. The molecule has 0 saturated carbocycles. The standard InChI is InChI=1S/C17H17NO4/c1-18-5-4-17-9-2-3-11(19)16(17)22-15-13(21)7-12(20)8(14(15)17)6-10(9)18/h2-3,7,9-10,16,20-21H,4-6H2,1H3/t9-,10+,16-,17-/m0/s1. The van der Waals surface area contributed by atoms with Crippen LogP contribution in [0, 0.1) is 5.92 Å². The zero-order valence-electron chi connectivity index (χ0n) is 12.2. The van der Waals surface area contributed by atoms with Gasteiger partial charge in [-0.15, -0.1) is 0 Å². The number of aromatic hydroxyl groups is 2. The first kappa shape index (κ1) is 12.5. The van der Waals surface area contributed by atoms with Crippen LogP contribution in [0.2, 0.25) is 0 Å². The van der Waals surface area contributed by atoms with Crippen LogP contribution in [0.25, 0.3) is 0 Å². The third-order valence-corrected chi connectivity index (χ3v) is 6.11. The van der Waals surface area contributed by atoms with E-state index in [1.807, 2.05) is 6.08 Å². The molecule has 0 aromatic heterocycles. The first-order valence-electron chi connectivity index (χ1n) is 7.71. The summed E-state index contributed by atoms with van der Waals surface area (Å²) in [4.78, 5) is 14.7. The summed E-state index contributed by atoms with van der Waals surface area (Å²) >= 11 is 0. The minimum atomic E-state index is -0.569. The molecule has 1 spiro atoms. The third-order valence-electron chi connectivity index (χ3n) is 6.11. The van der Waals surface area contributed by atoms with Gasteiger partial charge in [-0.1, -0.05) is 6.08 Å². The quantitative estimate of drug-likeness (QED) is 0.751. The van der Waals surface area contributed by atoms with E-state index in [4.69, 9.17) is 4.74 Å². The Morgan fingerprint density at radius 1 is 1.36 bits per heavy atom. The molecular formula is C17H17NO4. The number of hydrogen-bond donors (Lipinski definition) is 2. The van der Waals surface area contributed by atoms with E-state index in [0.717, 1.165) is 24.1 Å². The minimum Gasteiger partial charge on any atom is -0.508 e. The van der Waals surface area contributed by atoms with Crippen LogP contribution in [0.1, 0.15) is 17.5 Å². The Kier molecular flexibility index (Phi) is 2.08. The number of ether oxygens (including phenoxy) is 1. The lowest BCUT2D eigenvalue weighted by Gasteiger charge is -2.55. The van der Waals surface area contributed by atoms with Gasteiger partial charge in [0.05, 0.1) is 5.41 Å². The molecule has 22 heavy (non-hydrogen) atoms. The number of benzene rings is 1. The van der Waals surface area contributed by atoms with Crippen molar-refractivity contribution in [3.8, 4) is 17.2 Å². The van der Waals surface area contributed by atoms with E-state index >= 15 is 0 Å². The van der Waals surface area contributed by atoms with Crippen molar-refractivity contribution in [3.63, 3.8) is 0 Å². The molecule has 5 rings (SSSR count). The maximum atomic E-state index is 12.4. The number of nitrogens with zero attached hydrogens (tertiary/aromatic N) is 1. The SMILES string of the molecule is CN1CC[C@]23c4c5c(O)cc(O)c4O[C@H]2C(=O)C=C[C@H]3[C@H]1C5. The summed E-state index contributed by atoms with van der Waals surface area (Å²) in [7, 11) is 2.09. The molecule has 4 atom stereocenters. The van der Waals surface area contributed by atoms with Gasteiger partial charge in [-0.05, 0) is 32.5 Å². The number of carbonyl (C=O) groups excluding carboxylic acids is 1. The maximum absolute atomic E-state index is 12.4. The minimum absolute atomic E-state index is 0.0394. The van der Waals surface area contributed by atoms with E-state index in [-0.39, 0.29) is 29.2 Å². The van der Waals surface area contributed by atoms with Crippen molar-refractivity contribution >= 4 is 5.78 Å². The number of ketones is 1. The van der Waals surface area contributed by atoms with Crippen molar-refractivity contribution in [1.82, 2.24) is 4.90 Å². The topological polar surface area (TPSA) is 70.0 Å². The van der Waals surface area contributed by atoms with Gasteiger partial charge in [0.1, 0.15) is 5.75 Å². The summed E-state index contributed by atoms with van der Waals surface area (Å²) in [6.45, 7) is 0.886. The van der Waals surface area contributed by atoms with Crippen molar-refractivity contribution in [3.05, 3.63) is 29.3 Å². The van der Waals surface area contributed by atoms with Gasteiger partial charge in [0.25, 0.3) is 0 Å². The lowest BCUT2D eigenvalue weighted by Crippen LogP contribution is -2.64. The summed E-state index contributed by atoms with van der Waals surface area (Å²) in [5.41, 5.74) is 1.29. The van der Waals surface area contributed by atoms with Crippen LogP contribution in [0.4, 0.5) is 0 Å². The number of carbonyl (C=O) groups is 1. The van der Waals surface area contributed by atoms with Gasteiger partial charge in [0, 0.05) is 29.2 Å². The zero-order valence-corrected chi connectivity index (χ0v) is 12.2. The number of hydrogen-bond acceptors (Lipinski definition) is 5. The van der Waals surface area contributed by atoms with Gasteiger partial charge in [0.15, 0.2) is 23.4 Å². The van der Waals surface area contributed by atoms with Gasteiger partial charge in [-0.2, -0.15) is 0 Å². The second-order valence-electron chi connectivity index (χ2n) is 6.93. The highest BCUT2D eigenvalue weighted by molar-refractivity contribution is 5.98.